The summed E-state index contributed by atoms with van der Waals surface area (Å²) >= 11 is 0. The molecule has 7 aromatic rings. The molecule has 6 heterocycles. The van der Waals surface area contributed by atoms with E-state index in [1.54, 1.807) is 26.4 Å². The van der Waals surface area contributed by atoms with E-state index in [0.29, 0.717) is 65.8 Å². The molecule has 0 aliphatic carbocycles. The van der Waals surface area contributed by atoms with Crippen LogP contribution < -0.4 is 20.0 Å². The number of fused-ring (bicyclic) bond motifs is 4. The zero-order chi connectivity index (χ0) is 48.4. The Balaban J connectivity index is 1.13. The molecule has 2 saturated heterocycles. The van der Waals surface area contributed by atoms with Crippen LogP contribution in [0.5, 0.6) is 11.8 Å². The lowest BCUT2D eigenvalue weighted by Gasteiger charge is -2.45. The number of aromatic hydroxyl groups is 1. The second kappa shape index (κ2) is 17.9. The molecule has 0 bridgehead atoms. The summed E-state index contributed by atoms with van der Waals surface area (Å²) in [5.41, 5.74) is 1.13. The molecule has 1 amide bonds. The van der Waals surface area contributed by atoms with Crippen molar-refractivity contribution in [3.8, 4) is 23.0 Å². The minimum atomic E-state index is -3.18. The number of pyridine rings is 1. The Morgan fingerprint density at radius 3 is 2.39 bits per heavy atom. The molecule has 358 valence electrons. The van der Waals surface area contributed by atoms with Gasteiger partial charge < -0.3 is 24.1 Å². The quantitative estimate of drug-likeness (QED) is 0.133. The van der Waals surface area contributed by atoms with E-state index in [-0.39, 0.29) is 58.1 Å². The Morgan fingerprint density at radius 1 is 0.986 bits per heavy atom. The summed E-state index contributed by atoms with van der Waals surface area (Å²) in [7, 11) is 0.161. The Kier molecular flexibility index (Phi) is 12.0. The van der Waals surface area contributed by atoms with Gasteiger partial charge in [0.15, 0.2) is 5.82 Å². The Labute approximate surface area is 400 Å². The van der Waals surface area contributed by atoms with Crippen LogP contribution in [0.3, 0.4) is 0 Å². The number of nitrogens with zero attached hydrogens (tertiary/aromatic N) is 8. The highest BCUT2D eigenvalue weighted by molar-refractivity contribution is 6.99. The summed E-state index contributed by atoms with van der Waals surface area (Å²) in [5.74, 6) is -1.06. The van der Waals surface area contributed by atoms with Crippen LogP contribution >= 0.6 is 0 Å². The van der Waals surface area contributed by atoms with Crippen molar-refractivity contribution < 1.29 is 32.2 Å². The zero-order valence-corrected chi connectivity index (χ0v) is 40.8. The van der Waals surface area contributed by atoms with E-state index < -0.39 is 37.8 Å². The molecule has 0 radical (unpaired) electrons. The number of hydrogen-bond donors (Lipinski definition) is 1. The Bertz CT molecular complexity index is 3040. The third kappa shape index (κ3) is 8.09. The minimum Gasteiger partial charge on any atom is -0.508 e. The Hall–Kier alpha value is -6.36. The average Bonchev–Trinajstić information content (AvgIpc) is 3.99. The largest absolute Gasteiger partial charge is 0.508 e. The average molecular weight is 955 g/mol. The fraction of sp³-hybridized carbons (Fsp3) is 0.377. The van der Waals surface area contributed by atoms with Gasteiger partial charge in [0.2, 0.25) is 0 Å². The third-order valence-corrected chi connectivity index (χ3v) is 19.4. The van der Waals surface area contributed by atoms with Gasteiger partial charge >= 0.3 is 12.0 Å². The van der Waals surface area contributed by atoms with Gasteiger partial charge in [-0.15, -0.1) is 0 Å². The van der Waals surface area contributed by atoms with Crippen LogP contribution in [0.1, 0.15) is 76.3 Å². The number of carbonyl (C=O) groups excluding carboxylic acids is 1. The van der Waals surface area contributed by atoms with Crippen molar-refractivity contribution in [2.75, 3.05) is 45.2 Å². The molecule has 69 heavy (non-hydrogen) atoms. The number of phenols is 1. The van der Waals surface area contributed by atoms with Crippen molar-refractivity contribution in [1.82, 2.24) is 34.5 Å². The molecule has 12 nitrogen and oxygen atoms in total. The molecule has 16 heteroatoms. The fourth-order valence-electron chi connectivity index (χ4n) is 11.2. The van der Waals surface area contributed by atoms with Gasteiger partial charge in [0.1, 0.15) is 41.4 Å². The molecule has 0 spiro atoms. The van der Waals surface area contributed by atoms with Gasteiger partial charge in [-0.05, 0) is 82.2 Å². The first kappa shape index (κ1) is 46.4. The number of aromatic nitrogens is 5. The summed E-state index contributed by atoms with van der Waals surface area (Å²) in [4.78, 5) is 33.7. The molecule has 1 unspecified atom stereocenters. The number of rotatable bonds is 10. The van der Waals surface area contributed by atoms with Crippen molar-refractivity contribution in [2.24, 2.45) is 0 Å². The molecule has 3 atom stereocenters. The highest BCUT2D eigenvalue weighted by Crippen LogP contribution is 2.45. The molecule has 0 saturated carbocycles. The summed E-state index contributed by atoms with van der Waals surface area (Å²) in [5, 5.41) is 18.9. The van der Waals surface area contributed by atoms with Gasteiger partial charge in [-0.1, -0.05) is 94.4 Å². The second-order valence-electron chi connectivity index (χ2n) is 20.0. The van der Waals surface area contributed by atoms with Crippen molar-refractivity contribution in [3.05, 3.63) is 126 Å². The van der Waals surface area contributed by atoms with E-state index in [1.165, 1.54) is 34.0 Å². The van der Waals surface area contributed by atoms with E-state index in [4.69, 9.17) is 29.2 Å². The van der Waals surface area contributed by atoms with E-state index in [0.717, 1.165) is 29.8 Å². The molecule has 3 aromatic heterocycles. The normalized spacial score (nSPS) is 19.8. The molecular formula is C53H57F3N8O4Si. The maximum absolute atomic E-state index is 17.7. The van der Waals surface area contributed by atoms with Crippen LogP contribution in [0.4, 0.5) is 23.8 Å². The lowest BCUT2D eigenvalue weighted by atomic mass is 9.94. The number of hydrogen-bond acceptors (Lipinski definition) is 10. The molecule has 3 aliphatic rings. The summed E-state index contributed by atoms with van der Waals surface area (Å²) < 4.78 is 63.7. The first-order valence-corrected chi connectivity index (χ1v) is 25.7. The van der Waals surface area contributed by atoms with Gasteiger partial charge in [0.05, 0.1) is 22.7 Å². The number of anilines is 1. The van der Waals surface area contributed by atoms with E-state index in [9.17, 15) is 14.3 Å². The summed E-state index contributed by atoms with van der Waals surface area (Å²) in [6.07, 6.45) is 4.32. The lowest BCUT2D eigenvalue weighted by molar-refractivity contribution is 0.107. The summed E-state index contributed by atoms with van der Waals surface area (Å²) in [6.45, 7) is 10.2. The minimum absolute atomic E-state index is 0.0930. The van der Waals surface area contributed by atoms with Gasteiger partial charge in [-0.2, -0.15) is 19.7 Å². The van der Waals surface area contributed by atoms with Crippen LogP contribution in [0.2, 0.25) is 5.04 Å². The van der Waals surface area contributed by atoms with E-state index in [1.807, 2.05) is 48.2 Å². The number of aryl methyl sites for hydroxylation is 1. The van der Waals surface area contributed by atoms with Gasteiger partial charge in [-0.3, -0.25) is 9.88 Å². The molecule has 4 aromatic carbocycles. The Morgan fingerprint density at radius 2 is 1.71 bits per heavy atom. The first-order valence-electron chi connectivity index (χ1n) is 23.8. The number of alkyl halides is 1. The second-order valence-corrected chi connectivity index (χ2v) is 24.2. The number of amides is 1. The summed E-state index contributed by atoms with van der Waals surface area (Å²) in [6, 6.07) is 26.1. The van der Waals surface area contributed by atoms with Crippen molar-refractivity contribution in [3.63, 3.8) is 0 Å². The zero-order valence-electron chi connectivity index (χ0n) is 39.8. The van der Waals surface area contributed by atoms with Crippen molar-refractivity contribution >= 4 is 52.2 Å². The van der Waals surface area contributed by atoms with Crippen LogP contribution in [0, 0.1) is 11.6 Å². The number of phenolic OH excluding ortho intramolecular Hbond substituents is 1. The number of halogens is 3. The van der Waals surface area contributed by atoms with E-state index in [2.05, 4.69) is 49.9 Å². The standard InChI is InChI=1S/C53H57F3N8O4Si/c1-7-39-42(55)20-19-33-25-36(65)26-40(44(33)39)47-45(56)48-41(28-57-47)49(59-50(58-48)67-32-53-22-14-23-63(53)31-35(54)27-53)62-24-21-43(46-34(29-62)30-64(60-46)51(66)61(5)6)68-69(52(2,3)4,37-15-10-8-11-16-37)38-17-12-9-13-18-38/h8-13,15-20,25-26,28,30,35,43,65H,7,14,21-24,27,29,31-32H2,1-6H3/t35-,43?,53+/m1/s1. The maximum Gasteiger partial charge on any atom is 0.344 e. The van der Waals surface area contributed by atoms with Crippen LogP contribution in [-0.2, 0) is 17.4 Å². The number of ether oxygens (including phenoxy) is 1. The van der Waals surface area contributed by atoms with Crippen molar-refractivity contribution in [2.45, 2.75) is 89.2 Å². The predicted molar refractivity (Wildman–Crippen MR) is 264 cm³/mol. The predicted octanol–water partition coefficient (Wildman–Crippen LogP) is 9.10. The molecule has 3 aliphatic heterocycles. The maximum atomic E-state index is 17.7. The monoisotopic (exact) mass is 954 g/mol. The number of carbonyl (C=O) groups is 1. The van der Waals surface area contributed by atoms with Crippen LogP contribution in [0.25, 0.3) is 32.9 Å². The number of benzene rings is 4. The molecule has 2 fully saturated rings. The van der Waals surface area contributed by atoms with Crippen LogP contribution in [-0.4, -0.2) is 106 Å². The van der Waals surface area contributed by atoms with E-state index >= 15 is 8.78 Å². The topological polar surface area (TPSA) is 122 Å². The smallest absolute Gasteiger partial charge is 0.344 e. The highest BCUT2D eigenvalue weighted by Gasteiger charge is 2.53. The first-order chi connectivity index (χ1) is 33.1. The molecule has 1 N–H and O–H groups in total. The van der Waals surface area contributed by atoms with Crippen molar-refractivity contribution in [1.29, 1.82) is 0 Å². The molecule has 10 rings (SSSR count). The van der Waals surface area contributed by atoms with Crippen LogP contribution in [0.15, 0.2) is 97.3 Å². The molecular weight excluding hydrogens is 898 g/mol. The lowest BCUT2D eigenvalue weighted by Crippen LogP contribution is -2.67. The fourth-order valence-corrected chi connectivity index (χ4v) is 15.9. The van der Waals surface area contributed by atoms with Gasteiger partial charge in [0, 0.05) is 63.7 Å². The van der Waals surface area contributed by atoms with Gasteiger partial charge in [0.25, 0.3) is 8.32 Å². The third-order valence-electron chi connectivity index (χ3n) is 14.4. The SMILES string of the molecule is CCc1c(F)ccc2cc(O)cc(-c3ncc4c(N5CCC(O[Si](c6ccccc6)(c6ccccc6)C(C)(C)C)c6nn(C(=O)N(C)C)cc6C5)nc(OC[C@@]56CCCN5C[C@H](F)C6)nc4c3F)c12. The highest BCUT2D eigenvalue weighted by atomic mass is 28.4. The van der Waals surface area contributed by atoms with Gasteiger partial charge in [-0.25, -0.2) is 18.0 Å².